The van der Waals surface area contributed by atoms with Gasteiger partial charge in [-0.05, 0) is 42.5 Å². The number of rotatable bonds is 6. The summed E-state index contributed by atoms with van der Waals surface area (Å²) in [6, 6.07) is 15.8. The number of hydrogen-bond donors (Lipinski definition) is 2. The van der Waals surface area contributed by atoms with Crippen molar-refractivity contribution in [2.75, 3.05) is 29.6 Å². The highest BCUT2D eigenvalue weighted by Crippen LogP contribution is 2.18. The van der Waals surface area contributed by atoms with Gasteiger partial charge in [-0.3, -0.25) is 4.98 Å². The van der Waals surface area contributed by atoms with E-state index in [1.807, 2.05) is 62.6 Å². The minimum Gasteiger partial charge on any atom is -0.378 e. The average molecular weight is 320 g/mol. The molecule has 0 fully saturated rings. The molecule has 0 unspecified atom stereocenters. The lowest BCUT2D eigenvalue weighted by atomic mass is 10.2. The molecule has 122 valence electrons. The van der Waals surface area contributed by atoms with Crippen LogP contribution >= 0.6 is 0 Å². The molecule has 1 aromatic carbocycles. The molecule has 3 aromatic rings. The van der Waals surface area contributed by atoms with Gasteiger partial charge in [0.05, 0.1) is 12.2 Å². The molecular weight excluding hydrogens is 300 g/mol. The maximum absolute atomic E-state index is 4.47. The fourth-order valence-corrected chi connectivity index (χ4v) is 2.17. The summed E-state index contributed by atoms with van der Waals surface area (Å²) in [6.07, 6.45) is 3.51. The predicted octanol–water partition coefficient (Wildman–Crippen LogP) is 3.29. The van der Waals surface area contributed by atoms with Crippen LogP contribution in [0.4, 0.5) is 23.1 Å². The van der Waals surface area contributed by atoms with Gasteiger partial charge in [0.25, 0.3) is 0 Å². The van der Waals surface area contributed by atoms with Crippen LogP contribution in [0.25, 0.3) is 0 Å². The van der Waals surface area contributed by atoms with Gasteiger partial charge in [-0.25, -0.2) is 4.98 Å². The normalized spacial score (nSPS) is 10.2. The summed E-state index contributed by atoms with van der Waals surface area (Å²) in [4.78, 5) is 15.1. The molecule has 6 nitrogen and oxygen atoms in total. The minimum atomic E-state index is 0.554. The van der Waals surface area contributed by atoms with Gasteiger partial charge in [-0.2, -0.15) is 4.98 Å². The molecule has 0 radical (unpaired) electrons. The molecule has 0 aliphatic carbocycles. The number of benzene rings is 1. The van der Waals surface area contributed by atoms with Gasteiger partial charge in [0.2, 0.25) is 5.95 Å². The SMILES string of the molecule is CN(C)c1ccc(Nc2nccc(NCc3ccccn3)n2)cc1. The zero-order chi connectivity index (χ0) is 16.8. The predicted molar refractivity (Wildman–Crippen MR) is 97.6 cm³/mol. The van der Waals surface area contributed by atoms with E-state index in [2.05, 4.69) is 30.5 Å². The number of hydrogen-bond acceptors (Lipinski definition) is 6. The Bertz CT molecular complexity index is 771. The van der Waals surface area contributed by atoms with Crippen molar-refractivity contribution in [1.82, 2.24) is 15.0 Å². The maximum Gasteiger partial charge on any atom is 0.229 e. The van der Waals surface area contributed by atoms with Crippen LogP contribution < -0.4 is 15.5 Å². The van der Waals surface area contributed by atoms with Crippen LogP contribution in [0.1, 0.15) is 5.69 Å². The molecule has 2 aromatic heterocycles. The molecular formula is C18H20N6. The number of nitrogens with one attached hydrogen (secondary N) is 2. The Labute approximate surface area is 141 Å². The topological polar surface area (TPSA) is 66.0 Å². The number of anilines is 4. The van der Waals surface area contributed by atoms with E-state index in [0.29, 0.717) is 12.5 Å². The number of pyridine rings is 1. The van der Waals surface area contributed by atoms with E-state index in [1.165, 1.54) is 0 Å². The van der Waals surface area contributed by atoms with Crippen LogP contribution in [-0.4, -0.2) is 29.0 Å². The summed E-state index contributed by atoms with van der Waals surface area (Å²) in [6.45, 7) is 0.620. The molecule has 0 amide bonds. The Hall–Kier alpha value is -3.15. The highest BCUT2D eigenvalue weighted by molar-refractivity contribution is 5.59. The van der Waals surface area contributed by atoms with Crippen molar-refractivity contribution in [3.05, 3.63) is 66.6 Å². The first-order valence-electron chi connectivity index (χ1n) is 7.72. The first-order valence-corrected chi connectivity index (χ1v) is 7.72. The van der Waals surface area contributed by atoms with E-state index >= 15 is 0 Å². The summed E-state index contributed by atoms with van der Waals surface area (Å²) in [5.41, 5.74) is 3.06. The van der Waals surface area contributed by atoms with Gasteiger partial charge in [0.1, 0.15) is 5.82 Å². The molecule has 2 heterocycles. The summed E-state index contributed by atoms with van der Waals surface area (Å²) in [7, 11) is 4.03. The monoisotopic (exact) mass is 320 g/mol. The van der Waals surface area contributed by atoms with E-state index in [0.717, 1.165) is 22.9 Å². The average Bonchev–Trinajstić information content (AvgIpc) is 2.62. The van der Waals surface area contributed by atoms with Crippen LogP contribution in [0.2, 0.25) is 0 Å². The summed E-state index contributed by atoms with van der Waals surface area (Å²) in [5, 5.41) is 6.46. The summed E-state index contributed by atoms with van der Waals surface area (Å²) < 4.78 is 0. The minimum absolute atomic E-state index is 0.554. The van der Waals surface area contributed by atoms with Crippen molar-refractivity contribution in [2.45, 2.75) is 6.54 Å². The van der Waals surface area contributed by atoms with Crippen molar-refractivity contribution >= 4 is 23.1 Å². The second-order valence-electron chi connectivity index (χ2n) is 5.51. The van der Waals surface area contributed by atoms with Gasteiger partial charge < -0.3 is 15.5 Å². The third kappa shape index (κ3) is 4.19. The summed E-state index contributed by atoms with van der Waals surface area (Å²) >= 11 is 0. The number of nitrogens with zero attached hydrogens (tertiary/aromatic N) is 4. The largest absolute Gasteiger partial charge is 0.378 e. The van der Waals surface area contributed by atoms with E-state index in [-0.39, 0.29) is 0 Å². The first kappa shape index (κ1) is 15.7. The van der Waals surface area contributed by atoms with E-state index in [4.69, 9.17) is 0 Å². The lowest BCUT2D eigenvalue weighted by Gasteiger charge is -2.13. The number of aromatic nitrogens is 3. The van der Waals surface area contributed by atoms with E-state index < -0.39 is 0 Å². The molecule has 0 atom stereocenters. The maximum atomic E-state index is 4.47. The summed E-state index contributed by atoms with van der Waals surface area (Å²) in [5.74, 6) is 1.31. The molecule has 0 saturated heterocycles. The lowest BCUT2D eigenvalue weighted by molar-refractivity contribution is 1.02. The van der Waals surface area contributed by atoms with Crippen molar-refractivity contribution in [2.24, 2.45) is 0 Å². The second-order valence-corrected chi connectivity index (χ2v) is 5.51. The third-order valence-corrected chi connectivity index (χ3v) is 3.47. The van der Waals surface area contributed by atoms with Crippen LogP contribution in [-0.2, 0) is 6.54 Å². The quantitative estimate of drug-likeness (QED) is 0.726. The fourth-order valence-electron chi connectivity index (χ4n) is 2.17. The van der Waals surface area contributed by atoms with Crippen molar-refractivity contribution in [3.63, 3.8) is 0 Å². The molecule has 6 heteroatoms. The molecule has 3 rings (SSSR count). The van der Waals surface area contributed by atoms with Gasteiger partial charge in [-0.1, -0.05) is 6.07 Å². The molecule has 2 N–H and O–H groups in total. The Morgan fingerprint density at radius 3 is 2.46 bits per heavy atom. The van der Waals surface area contributed by atoms with Crippen molar-refractivity contribution in [1.29, 1.82) is 0 Å². The smallest absolute Gasteiger partial charge is 0.229 e. The highest BCUT2D eigenvalue weighted by Gasteiger charge is 2.02. The standard InChI is InChI=1S/C18H20N6/c1-24(2)16-8-6-14(7-9-16)22-18-20-12-10-17(23-18)21-13-15-5-3-4-11-19-15/h3-12H,13H2,1-2H3,(H2,20,21,22,23). The Balaban J connectivity index is 1.64. The zero-order valence-corrected chi connectivity index (χ0v) is 13.8. The second kappa shape index (κ2) is 7.41. The first-order chi connectivity index (χ1) is 11.7. The molecule has 24 heavy (non-hydrogen) atoms. The molecule has 0 aliphatic heterocycles. The molecule has 0 spiro atoms. The van der Waals surface area contributed by atoms with Gasteiger partial charge in [0, 0.05) is 37.9 Å². The fraction of sp³-hybridized carbons (Fsp3) is 0.167. The Kier molecular flexibility index (Phi) is 4.86. The molecule has 0 bridgehead atoms. The Morgan fingerprint density at radius 1 is 0.917 bits per heavy atom. The van der Waals surface area contributed by atoms with Gasteiger partial charge in [0.15, 0.2) is 0 Å². The van der Waals surface area contributed by atoms with Crippen molar-refractivity contribution in [3.8, 4) is 0 Å². The van der Waals surface area contributed by atoms with Gasteiger partial charge >= 0.3 is 0 Å². The van der Waals surface area contributed by atoms with Crippen LogP contribution in [0.15, 0.2) is 60.9 Å². The Morgan fingerprint density at radius 2 is 1.75 bits per heavy atom. The third-order valence-electron chi connectivity index (χ3n) is 3.47. The van der Waals surface area contributed by atoms with E-state index in [1.54, 1.807) is 12.4 Å². The van der Waals surface area contributed by atoms with E-state index in [9.17, 15) is 0 Å². The van der Waals surface area contributed by atoms with Gasteiger partial charge in [-0.15, -0.1) is 0 Å². The van der Waals surface area contributed by atoms with Crippen LogP contribution in [0.5, 0.6) is 0 Å². The van der Waals surface area contributed by atoms with Crippen LogP contribution in [0, 0.1) is 0 Å². The van der Waals surface area contributed by atoms with Crippen molar-refractivity contribution < 1.29 is 0 Å². The molecule has 0 aliphatic rings. The molecule has 0 saturated carbocycles. The van der Waals surface area contributed by atoms with Crippen LogP contribution in [0.3, 0.4) is 0 Å². The highest BCUT2D eigenvalue weighted by atomic mass is 15.1. The zero-order valence-electron chi connectivity index (χ0n) is 13.8. The lowest BCUT2D eigenvalue weighted by Crippen LogP contribution is -2.08.